The molecule has 0 saturated heterocycles. The van der Waals surface area contributed by atoms with Crippen molar-refractivity contribution in [1.82, 2.24) is 14.0 Å². The van der Waals surface area contributed by atoms with Gasteiger partial charge in [0.2, 0.25) is 0 Å². The van der Waals surface area contributed by atoms with Gasteiger partial charge in [-0.3, -0.25) is 13.9 Å². The van der Waals surface area contributed by atoms with E-state index in [1.807, 2.05) is 6.92 Å². The van der Waals surface area contributed by atoms with Crippen LogP contribution in [-0.4, -0.2) is 20.6 Å². The number of hydrogen-bond donors (Lipinski definition) is 0. The Morgan fingerprint density at radius 2 is 1.69 bits per heavy atom. The van der Waals surface area contributed by atoms with Crippen LogP contribution in [0.25, 0.3) is 5.70 Å². The van der Waals surface area contributed by atoms with Gasteiger partial charge in [-0.1, -0.05) is 18.7 Å². The molecule has 5 nitrogen and oxygen atoms in total. The van der Waals surface area contributed by atoms with Gasteiger partial charge >= 0.3 is 5.69 Å². The van der Waals surface area contributed by atoms with E-state index in [1.54, 1.807) is 21.3 Å². The number of benzene rings is 1. The van der Waals surface area contributed by atoms with Crippen molar-refractivity contribution in [2.24, 2.45) is 11.8 Å². The van der Waals surface area contributed by atoms with Crippen molar-refractivity contribution in [2.45, 2.75) is 51.7 Å². The van der Waals surface area contributed by atoms with Crippen LogP contribution >= 0.6 is 0 Å². The van der Waals surface area contributed by atoms with E-state index >= 15 is 0 Å². The minimum atomic E-state index is -0.264. The maximum absolute atomic E-state index is 13.4. The zero-order valence-corrected chi connectivity index (χ0v) is 16.7. The van der Waals surface area contributed by atoms with Crippen molar-refractivity contribution in [3.8, 4) is 0 Å². The minimum Gasteiger partial charge on any atom is -0.364 e. The summed E-state index contributed by atoms with van der Waals surface area (Å²) in [6.07, 6.45) is 4.47. The average molecular weight is 395 g/mol. The zero-order valence-electron chi connectivity index (χ0n) is 16.7. The highest BCUT2D eigenvalue weighted by molar-refractivity contribution is 5.62. The molecule has 1 aromatic heterocycles. The quantitative estimate of drug-likeness (QED) is 0.780. The van der Waals surface area contributed by atoms with Crippen LogP contribution in [-0.2, 0) is 13.1 Å². The average Bonchev–Trinajstić information content (AvgIpc) is 3.61. The molecule has 0 atom stereocenters. The third-order valence-corrected chi connectivity index (χ3v) is 6.65. The molecule has 2 heterocycles. The summed E-state index contributed by atoms with van der Waals surface area (Å²) in [6, 6.07) is 6.47. The Morgan fingerprint density at radius 1 is 1.07 bits per heavy atom. The lowest BCUT2D eigenvalue weighted by Crippen LogP contribution is -2.49. The summed E-state index contributed by atoms with van der Waals surface area (Å²) < 4.78 is 16.5. The molecular formula is C23H26FN3O2. The highest BCUT2D eigenvalue weighted by Gasteiger charge is 2.44. The Kier molecular flexibility index (Phi) is 4.26. The van der Waals surface area contributed by atoms with Crippen LogP contribution in [0.15, 0.2) is 40.4 Å². The van der Waals surface area contributed by atoms with E-state index in [0.29, 0.717) is 48.4 Å². The maximum atomic E-state index is 13.4. The normalized spacial score (nSPS) is 19.0. The summed E-state index contributed by atoms with van der Waals surface area (Å²) in [5, 5.41) is 0. The molecule has 1 aliphatic heterocycles. The maximum Gasteiger partial charge on any atom is 0.331 e. The van der Waals surface area contributed by atoms with Crippen LogP contribution in [0, 0.1) is 24.6 Å². The number of hydrogen-bond acceptors (Lipinski definition) is 3. The van der Waals surface area contributed by atoms with Crippen molar-refractivity contribution in [3.63, 3.8) is 0 Å². The monoisotopic (exact) mass is 395 g/mol. The van der Waals surface area contributed by atoms with Gasteiger partial charge < -0.3 is 4.90 Å². The molecule has 0 amide bonds. The zero-order chi connectivity index (χ0) is 20.3. The van der Waals surface area contributed by atoms with E-state index in [4.69, 9.17) is 0 Å². The van der Waals surface area contributed by atoms with E-state index in [-0.39, 0.29) is 23.1 Å². The van der Waals surface area contributed by atoms with E-state index in [2.05, 4.69) is 11.5 Å². The fourth-order valence-electron chi connectivity index (χ4n) is 4.81. The Labute approximate surface area is 169 Å². The fraction of sp³-hybridized carbons (Fsp3) is 0.478. The molecule has 29 heavy (non-hydrogen) atoms. The van der Waals surface area contributed by atoms with Gasteiger partial charge in [0.25, 0.3) is 5.56 Å². The molecule has 0 spiro atoms. The third kappa shape index (κ3) is 3.15. The smallest absolute Gasteiger partial charge is 0.331 e. The molecule has 2 saturated carbocycles. The molecule has 1 aromatic carbocycles. The first-order valence-electron chi connectivity index (χ1n) is 10.5. The summed E-state index contributed by atoms with van der Waals surface area (Å²) in [6.45, 7) is 7.75. The van der Waals surface area contributed by atoms with Crippen LogP contribution in [0.3, 0.4) is 0 Å². The molecule has 5 rings (SSSR count). The Bertz CT molecular complexity index is 1080. The Morgan fingerprint density at radius 3 is 2.28 bits per heavy atom. The highest BCUT2D eigenvalue weighted by atomic mass is 19.1. The van der Waals surface area contributed by atoms with E-state index in [1.165, 1.54) is 12.1 Å². The molecule has 0 N–H and O–H groups in total. The number of nitrogens with zero attached hydrogens (tertiary/aromatic N) is 3. The first kappa shape index (κ1) is 18.4. The molecule has 2 fully saturated rings. The van der Waals surface area contributed by atoms with Gasteiger partial charge in [-0.15, -0.1) is 0 Å². The molecule has 2 aromatic rings. The molecule has 0 bridgehead atoms. The third-order valence-electron chi connectivity index (χ3n) is 6.65. The summed E-state index contributed by atoms with van der Waals surface area (Å²) in [7, 11) is 0. The van der Waals surface area contributed by atoms with Gasteiger partial charge in [-0.2, -0.15) is 0 Å². The van der Waals surface area contributed by atoms with Gasteiger partial charge in [-0.25, -0.2) is 9.18 Å². The second-order valence-corrected chi connectivity index (χ2v) is 8.74. The van der Waals surface area contributed by atoms with Gasteiger partial charge in [0.1, 0.15) is 5.82 Å². The molecule has 0 unspecified atom stereocenters. The van der Waals surface area contributed by atoms with Crippen LogP contribution < -0.4 is 11.2 Å². The SMILES string of the molecule is C=C1c2c(C)c(=O)n(C(C3CC3)C3CC3)c(=O)n2CCN1Cc1ccc(F)cc1. The number of aromatic nitrogens is 2. The van der Waals surface area contributed by atoms with Crippen molar-refractivity contribution < 1.29 is 4.39 Å². The second-order valence-electron chi connectivity index (χ2n) is 8.74. The van der Waals surface area contributed by atoms with E-state index in [9.17, 15) is 14.0 Å². The highest BCUT2D eigenvalue weighted by Crippen LogP contribution is 2.51. The first-order chi connectivity index (χ1) is 14.0. The summed E-state index contributed by atoms with van der Waals surface area (Å²) >= 11 is 0. The lowest BCUT2D eigenvalue weighted by molar-refractivity contribution is 0.313. The van der Waals surface area contributed by atoms with Crippen molar-refractivity contribution in [1.29, 1.82) is 0 Å². The Balaban J connectivity index is 1.52. The number of halogens is 1. The van der Waals surface area contributed by atoms with Gasteiger partial charge in [-0.05, 0) is 62.1 Å². The summed E-state index contributed by atoms with van der Waals surface area (Å²) in [4.78, 5) is 28.7. The molecule has 152 valence electrons. The Hall–Kier alpha value is -2.63. The minimum absolute atomic E-state index is 0.0667. The van der Waals surface area contributed by atoms with E-state index in [0.717, 1.165) is 31.2 Å². The van der Waals surface area contributed by atoms with Crippen molar-refractivity contribution in [2.75, 3.05) is 6.54 Å². The molecular weight excluding hydrogens is 369 g/mol. The van der Waals surface area contributed by atoms with Crippen molar-refractivity contribution in [3.05, 3.63) is 74.3 Å². The predicted molar refractivity (Wildman–Crippen MR) is 110 cm³/mol. The number of fused-ring (bicyclic) bond motifs is 1. The van der Waals surface area contributed by atoms with Crippen LogP contribution in [0.5, 0.6) is 0 Å². The van der Waals surface area contributed by atoms with E-state index < -0.39 is 0 Å². The van der Waals surface area contributed by atoms with Gasteiger partial charge in [0, 0.05) is 31.2 Å². The molecule has 0 radical (unpaired) electrons. The van der Waals surface area contributed by atoms with Crippen LogP contribution in [0.2, 0.25) is 0 Å². The molecule has 3 aliphatic rings. The first-order valence-corrected chi connectivity index (χ1v) is 10.5. The van der Waals surface area contributed by atoms with Gasteiger partial charge in [0.05, 0.1) is 11.4 Å². The summed E-state index contributed by atoms with van der Waals surface area (Å²) in [5.74, 6) is 0.695. The second kappa shape index (κ2) is 6.71. The van der Waals surface area contributed by atoms with Crippen LogP contribution in [0.4, 0.5) is 4.39 Å². The predicted octanol–water partition coefficient (Wildman–Crippen LogP) is 3.31. The van der Waals surface area contributed by atoms with Crippen molar-refractivity contribution >= 4 is 5.70 Å². The standard InChI is InChI=1S/C23H26FN3O2/c1-14-20-15(2)25(13-16-3-9-19(24)10-4-16)11-12-26(20)23(29)27(22(14)28)21(17-5-6-17)18-7-8-18/h3-4,9-10,17-18,21H,2,5-8,11-13H2,1H3. The molecule has 2 aliphatic carbocycles. The summed E-state index contributed by atoms with van der Waals surface area (Å²) in [5.41, 5.74) is 2.57. The number of rotatable bonds is 5. The largest absolute Gasteiger partial charge is 0.364 e. The lowest BCUT2D eigenvalue weighted by atomic mass is 10.1. The van der Waals surface area contributed by atoms with Crippen LogP contribution in [0.1, 0.15) is 48.5 Å². The van der Waals surface area contributed by atoms with Gasteiger partial charge in [0.15, 0.2) is 0 Å². The topological polar surface area (TPSA) is 47.2 Å². The fourth-order valence-corrected chi connectivity index (χ4v) is 4.81. The molecule has 6 heteroatoms. The lowest BCUT2D eigenvalue weighted by Gasteiger charge is -2.35.